The van der Waals surface area contributed by atoms with Gasteiger partial charge in [0.25, 0.3) is 5.91 Å². The van der Waals surface area contributed by atoms with Crippen molar-refractivity contribution in [3.63, 3.8) is 0 Å². The van der Waals surface area contributed by atoms with Crippen molar-refractivity contribution in [3.05, 3.63) is 44.3 Å². The van der Waals surface area contributed by atoms with Crippen molar-refractivity contribution in [2.75, 3.05) is 5.73 Å². The maximum absolute atomic E-state index is 11.9. The maximum atomic E-state index is 11.9. The second-order valence-electron chi connectivity index (χ2n) is 3.85. The number of carboxylic acid groups (broad SMARTS) is 1. The number of aromatic carboxylic acids is 1. The standard InChI is InChI=1S/C12H10BrN3O3S/c13-7-3-6(1-2-8(7)14)11(17)15-4-10-16-9(5-20-10)12(18)19/h1-3,5H,4,14H2,(H,15,17)(H,18,19). The van der Waals surface area contributed by atoms with Crippen LogP contribution < -0.4 is 11.1 Å². The van der Waals surface area contributed by atoms with Gasteiger partial charge in [-0.15, -0.1) is 11.3 Å². The molecule has 0 atom stereocenters. The van der Waals surface area contributed by atoms with E-state index in [1.165, 1.54) is 16.7 Å². The second kappa shape index (κ2) is 6.02. The number of hydrogen-bond donors (Lipinski definition) is 3. The Balaban J connectivity index is 2.00. The van der Waals surface area contributed by atoms with E-state index in [1.54, 1.807) is 18.2 Å². The van der Waals surface area contributed by atoms with E-state index in [9.17, 15) is 9.59 Å². The second-order valence-corrected chi connectivity index (χ2v) is 5.65. The van der Waals surface area contributed by atoms with Gasteiger partial charge >= 0.3 is 5.97 Å². The van der Waals surface area contributed by atoms with Gasteiger partial charge in [0.05, 0.1) is 6.54 Å². The molecule has 0 aliphatic rings. The smallest absolute Gasteiger partial charge is 0.355 e. The van der Waals surface area contributed by atoms with Crippen LogP contribution in [0.25, 0.3) is 0 Å². The summed E-state index contributed by atoms with van der Waals surface area (Å²) in [4.78, 5) is 26.5. The van der Waals surface area contributed by atoms with Crippen LogP contribution in [0.1, 0.15) is 25.9 Å². The molecule has 104 valence electrons. The van der Waals surface area contributed by atoms with Crippen molar-refractivity contribution in [1.29, 1.82) is 0 Å². The number of carboxylic acids is 1. The van der Waals surface area contributed by atoms with Crippen LogP contribution >= 0.6 is 27.3 Å². The minimum atomic E-state index is -1.08. The molecule has 2 aromatic rings. The average molecular weight is 356 g/mol. The summed E-state index contributed by atoms with van der Waals surface area (Å²) in [6.07, 6.45) is 0. The van der Waals surface area contributed by atoms with Crippen molar-refractivity contribution < 1.29 is 14.7 Å². The van der Waals surface area contributed by atoms with Gasteiger partial charge < -0.3 is 16.2 Å². The minimum absolute atomic E-state index is 0.0190. The van der Waals surface area contributed by atoms with Crippen LogP contribution in [0.5, 0.6) is 0 Å². The number of aromatic nitrogens is 1. The number of halogens is 1. The summed E-state index contributed by atoms with van der Waals surface area (Å²) in [7, 11) is 0. The summed E-state index contributed by atoms with van der Waals surface area (Å²) in [6, 6.07) is 4.86. The predicted molar refractivity (Wildman–Crippen MR) is 78.8 cm³/mol. The molecule has 0 saturated heterocycles. The highest BCUT2D eigenvalue weighted by atomic mass is 79.9. The number of amides is 1. The lowest BCUT2D eigenvalue weighted by atomic mass is 10.2. The van der Waals surface area contributed by atoms with E-state index in [2.05, 4.69) is 26.2 Å². The lowest BCUT2D eigenvalue weighted by molar-refractivity contribution is 0.0691. The summed E-state index contributed by atoms with van der Waals surface area (Å²) in [5.74, 6) is -1.36. The number of nitrogens with one attached hydrogen (secondary N) is 1. The SMILES string of the molecule is Nc1ccc(C(=O)NCc2nc(C(=O)O)cs2)cc1Br. The third kappa shape index (κ3) is 3.34. The number of hydrogen-bond acceptors (Lipinski definition) is 5. The molecule has 1 aromatic carbocycles. The Morgan fingerprint density at radius 3 is 2.80 bits per heavy atom. The fourth-order valence-corrected chi connectivity index (χ4v) is 2.50. The van der Waals surface area contributed by atoms with Crippen molar-refractivity contribution in [1.82, 2.24) is 10.3 Å². The Kier molecular flexibility index (Phi) is 4.35. The molecule has 0 radical (unpaired) electrons. The Morgan fingerprint density at radius 2 is 2.20 bits per heavy atom. The van der Waals surface area contributed by atoms with E-state index in [0.29, 0.717) is 20.7 Å². The van der Waals surface area contributed by atoms with Crippen LogP contribution in [0, 0.1) is 0 Å². The summed E-state index contributed by atoms with van der Waals surface area (Å²) >= 11 is 4.43. The van der Waals surface area contributed by atoms with Gasteiger partial charge in [-0.2, -0.15) is 0 Å². The average Bonchev–Trinajstić information content (AvgIpc) is 2.88. The molecule has 0 saturated carbocycles. The summed E-state index contributed by atoms with van der Waals surface area (Å²) < 4.78 is 0.646. The van der Waals surface area contributed by atoms with Gasteiger partial charge in [-0.3, -0.25) is 4.79 Å². The summed E-state index contributed by atoms with van der Waals surface area (Å²) in [6.45, 7) is 0.179. The molecule has 8 heteroatoms. The molecular weight excluding hydrogens is 346 g/mol. The maximum Gasteiger partial charge on any atom is 0.355 e. The number of carbonyl (C=O) groups is 2. The fourth-order valence-electron chi connectivity index (χ4n) is 1.42. The molecule has 0 fully saturated rings. The Morgan fingerprint density at radius 1 is 1.45 bits per heavy atom. The highest BCUT2D eigenvalue weighted by Crippen LogP contribution is 2.20. The van der Waals surface area contributed by atoms with Gasteiger partial charge in [-0.05, 0) is 34.1 Å². The first-order chi connectivity index (χ1) is 9.47. The molecule has 0 aliphatic heterocycles. The highest BCUT2D eigenvalue weighted by Gasteiger charge is 2.11. The normalized spacial score (nSPS) is 10.2. The van der Waals surface area contributed by atoms with Crippen LogP contribution in [0.15, 0.2) is 28.1 Å². The van der Waals surface area contributed by atoms with Crippen LogP contribution in [-0.2, 0) is 6.54 Å². The molecule has 0 aliphatic carbocycles. The van der Waals surface area contributed by atoms with Gasteiger partial charge in [-0.1, -0.05) is 0 Å². The number of anilines is 1. The molecule has 20 heavy (non-hydrogen) atoms. The van der Waals surface area contributed by atoms with E-state index in [4.69, 9.17) is 10.8 Å². The Hall–Kier alpha value is -1.93. The van der Waals surface area contributed by atoms with Gasteiger partial charge in [-0.25, -0.2) is 9.78 Å². The lowest BCUT2D eigenvalue weighted by Crippen LogP contribution is -2.22. The zero-order valence-electron chi connectivity index (χ0n) is 10.1. The lowest BCUT2D eigenvalue weighted by Gasteiger charge is -2.05. The van der Waals surface area contributed by atoms with Crippen LogP contribution in [-0.4, -0.2) is 22.0 Å². The number of nitrogen functional groups attached to an aromatic ring is 1. The fraction of sp³-hybridized carbons (Fsp3) is 0.0833. The van der Waals surface area contributed by atoms with Gasteiger partial charge in [0.2, 0.25) is 0 Å². The summed E-state index contributed by atoms with van der Waals surface area (Å²) in [5, 5.41) is 13.4. The Bertz CT molecular complexity index is 672. The molecule has 1 heterocycles. The number of benzene rings is 1. The molecule has 1 amide bonds. The van der Waals surface area contributed by atoms with Crippen LogP contribution in [0.4, 0.5) is 5.69 Å². The topological polar surface area (TPSA) is 105 Å². The minimum Gasteiger partial charge on any atom is -0.476 e. The largest absolute Gasteiger partial charge is 0.476 e. The quantitative estimate of drug-likeness (QED) is 0.728. The van der Waals surface area contributed by atoms with E-state index in [1.807, 2.05) is 0 Å². The molecule has 0 unspecified atom stereocenters. The predicted octanol–water partition coefficient (Wildman–Crippen LogP) is 2.12. The first-order valence-electron chi connectivity index (χ1n) is 5.48. The first kappa shape index (κ1) is 14.5. The molecule has 0 spiro atoms. The number of nitrogens with two attached hydrogens (primary N) is 1. The molecular formula is C12H10BrN3O3S. The van der Waals surface area contributed by atoms with Gasteiger partial charge in [0.1, 0.15) is 5.01 Å². The molecule has 2 rings (SSSR count). The van der Waals surface area contributed by atoms with Crippen LogP contribution in [0.3, 0.4) is 0 Å². The summed E-state index contributed by atoms with van der Waals surface area (Å²) in [5.41, 5.74) is 6.63. The molecule has 0 bridgehead atoms. The number of thiazole rings is 1. The molecule has 4 N–H and O–H groups in total. The monoisotopic (exact) mass is 355 g/mol. The van der Waals surface area contributed by atoms with Crippen molar-refractivity contribution >= 4 is 44.8 Å². The van der Waals surface area contributed by atoms with Crippen molar-refractivity contribution in [2.24, 2.45) is 0 Å². The van der Waals surface area contributed by atoms with E-state index in [-0.39, 0.29) is 18.1 Å². The van der Waals surface area contributed by atoms with Crippen molar-refractivity contribution in [3.8, 4) is 0 Å². The zero-order valence-corrected chi connectivity index (χ0v) is 12.5. The first-order valence-corrected chi connectivity index (χ1v) is 7.15. The third-order valence-electron chi connectivity index (χ3n) is 2.43. The number of carbonyl (C=O) groups excluding carboxylic acids is 1. The Labute approximate surface area is 126 Å². The number of nitrogens with zero attached hydrogens (tertiary/aromatic N) is 1. The van der Waals surface area contributed by atoms with Crippen molar-refractivity contribution in [2.45, 2.75) is 6.54 Å². The van der Waals surface area contributed by atoms with Gasteiger partial charge in [0.15, 0.2) is 5.69 Å². The third-order valence-corrected chi connectivity index (χ3v) is 3.97. The molecule has 1 aromatic heterocycles. The highest BCUT2D eigenvalue weighted by molar-refractivity contribution is 9.10. The number of rotatable bonds is 4. The van der Waals surface area contributed by atoms with Gasteiger partial charge in [0, 0.05) is 21.1 Å². The zero-order chi connectivity index (χ0) is 14.7. The van der Waals surface area contributed by atoms with E-state index < -0.39 is 5.97 Å². The molecule has 6 nitrogen and oxygen atoms in total. The van der Waals surface area contributed by atoms with E-state index >= 15 is 0 Å². The van der Waals surface area contributed by atoms with Crippen LogP contribution in [0.2, 0.25) is 0 Å². The van der Waals surface area contributed by atoms with E-state index in [0.717, 1.165) is 0 Å².